The van der Waals surface area contributed by atoms with Gasteiger partial charge in [0.2, 0.25) is 0 Å². The summed E-state index contributed by atoms with van der Waals surface area (Å²) in [6.07, 6.45) is 64.5. The van der Waals surface area contributed by atoms with E-state index in [0.29, 0.717) is 19.3 Å². The number of ether oxygens (including phenoxy) is 3. The van der Waals surface area contributed by atoms with Gasteiger partial charge in [0.15, 0.2) is 6.10 Å². The third kappa shape index (κ3) is 55.9. The van der Waals surface area contributed by atoms with Crippen molar-refractivity contribution in [2.45, 2.75) is 303 Å². The Kier molecular flexibility index (Phi) is 56.2. The topological polar surface area (TPSA) is 155 Å². The third-order valence-electron chi connectivity index (χ3n) is 13.4. The van der Waals surface area contributed by atoms with E-state index in [1.54, 1.807) is 0 Å². The Morgan fingerprint density at radius 3 is 1.08 bits per heavy atom. The van der Waals surface area contributed by atoms with Crippen LogP contribution in [0.25, 0.3) is 0 Å². The van der Waals surface area contributed by atoms with Crippen molar-refractivity contribution in [1.82, 2.24) is 0 Å². The molecular weight excluding hydrogens is 976 g/mol. The lowest BCUT2D eigenvalue weighted by molar-refractivity contribution is -0.161. The van der Waals surface area contributed by atoms with Crippen LogP contribution in [0.1, 0.15) is 290 Å². The molecule has 76 heavy (non-hydrogen) atoms. The van der Waals surface area contributed by atoms with Gasteiger partial charge in [-0.25, -0.2) is 4.57 Å². The molecule has 0 amide bonds. The van der Waals surface area contributed by atoms with Gasteiger partial charge >= 0.3 is 25.7 Å². The Morgan fingerprint density at radius 2 is 0.684 bits per heavy atom. The van der Waals surface area contributed by atoms with Crippen LogP contribution in [0.3, 0.4) is 0 Å². The standard InChI is InChI=1S/C64H115O11P/c1-4-7-10-13-16-19-22-25-28-29-30-31-34-35-38-41-44-47-50-53-62(66)71-57-61(75-64(68)55-52-49-46-43-40-37-33-27-24-21-18-15-12-9-6-3)59-73-76(69,70)72-58-60(56-65)74-63(67)54-51-48-45-42-39-36-32-26-23-20-17-14-11-8-5-2/h9,12,16,18-19,21,25,27-28,33,60-61,65H,4-8,10-11,13-15,17,20,22-24,26,29-32,34-59H2,1-3H3,(H,69,70)/b12-9-,19-16-,21-18-,28-25-,33-27-. The van der Waals surface area contributed by atoms with Crippen LogP contribution < -0.4 is 0 Å². The number of rotatable bonds is 58. The Balaban J connectivity index is 4.69. The number of phosphoric acid groups is 1. The molecule has 3 atom stereocenters. The van der Waals surface area contributed by atoms with E-state index in [9.17, 15) is 28.9 Å². The first-order valence-electron chi connectivity index (χ1n) is 31.2. The van der Waals surface area contributed by atoms with Crippen molar-refractivity contribution in [3.05, 3.63) is 60.8 Å². The predicted octanol–water partition coefficient (Wildman–Crippen LogP) is 18.7. The number of hydrogen-bond donors (Lipinski definition) is 2. The zero-order valence-electron chi connectivity index (χ0n) is 49.0. The van der Waals surface area contributed by atoms with Gasteiger partial charge < -0.3 is 24.2 Å². The van der Waals surface area contributed by atoms with Crippen molar-refractivity contribution >= 4 is 25.7 Å². The molecule has 0 saturated carbocycles. The molecular formula is C64H115O11P. The monoisotopic (exact) mass is 1090 g/mol. The van der Waals surface area contributed by atoms with Crippen LogP contribution in [0.2, 0.25) is 0 Å². The molecule has 0 aliphatic rings. The highest BCUT2D eigenvalue weighted by Gasteiger charge is 2.28. The molecule has 11 nitrogen and oxygen atoms in total. The van der Waals surface area contributed by atoms with Crippen LogP contribution in [0.5, 0.6) is 0 Å². The fraction of sp³-hybridized carbons (Fsp3) is 0.797. The summed E-state index contributed by atoms with van der Waals surface area (Å²) in [5.41, 5.74) is 0. The molecule has 2 N–H and O–H groups in total. The minimum Gasteiger partial charge on any atom is -0.462 e. The van der Waals surface area contributed by atoms with Gasteiger partial charge in [-0.3, -0.25) is 23.4 Å². The molecule has 0 aliphatic carbocycles. The first-order valence-corrected chi connectivity index (χ1v) is 32.7. The average Bonchev–Trinajstić information content (AvgIpc) is 3.41. The smallest absolute Gasteiger partial charge is 0.462 e. The van der Waals surface area contributed by atoms with Crippen LogP contribution in [-0.4, -0.2) is 66.5 Å². The molecule has 0 saturated heterocycles. The highest BCUT2D eigenvalue weighted by molar-refractivity contribution is 7.47. The molecule has 0 fully saturated rings. The van der Waals surface area contributed by atoms with Crippen molar-refractivity contribution in [3.8, 4) is 0 Å². The second kappa shape index (κ2) is 58.3. The van der Waals surface area contributed by atoms with E-state index in [1.165, 1.54) is 128 Å². The average molecular weight is 1090 g/mol. The van der Waals surface area contributed by atoms with E-state index >= 15 is 0 Å². The van der Waals surface area contributed by atoms with E-state index in [0.717, 1.165) is 103 Å². The zero-order valence-corrected chi connectivity index (χ0v) is 49.9. The van der Waals surface area contributed by atoms with Crippen molar-refractivity contribution in [1.29, 1.82) is 0 Å². The largest absolute Gasteiger partial charge is 0.472 e. The maximum Gasteiger partial charge on any atom is 0.472 e. The molecule has 0 radical (unpaired) electrons. The number of carbonyl (C=O) groups is 3. The van der Waals surface area contributed by atoms with Crippen LogP contribution in [0.4, 0.5) is 0 Å². The lowest BCUT2D eigenvalue weighted by Gasteiger charge is -2.21. The first-order chi connectivity index (χ1) is 37.2. The highest BCUT2D eigenvalue weighted by atomic mass is 31.2. The number of phosphoric ester groups is 1. The van der Waals surface area contributed by atoms with Gasteiger partial charge in [0, 0.05) is 19.3 Å². The maximum absolute atomic E-state index is 12.9. The summed E-state index contributed by atoms with van der Waals surface area (Å²) in [5.74, 6) is -1.47. The molecule has 0 heterocycles. The Labute approximate surface area is 465 Å². The summed E-state index contributed by atoms with van der Waals surface area (Å²) in [4.78, 5) is 48.7. The van der Waals surface area contributed by atoms with Gasteiger partial charge in [-0.15, -0.1) is 0 Å². The molecule has 0 aromatic carbocycles. The van der Waals surface area contributed by atoms with Crippen molar-refractivity contribution in [2.24, 2.45) is 0 Å². The number of unbranched alkanes of at least 4 members (excludes halogenated alkanes) is 31. The molecule has 0 rings (SSSR count). The minimum atomic E-state index is -4.75. The molecule has 12 heteroatoms. The van der Waals surface area contributed by atoms with E-state index in [1.807, 2.05) is 0 Å². The van der Waals surface area contributed by atoms with Crippen molar-refractivity contribution < 1.29 is 52.2 Å². The molecule has 0 aromatic rings. The molecule has 0 aliphatic heterocycles. The minimum absolute atomic E-state index is 0.148. The van der Waals surface area contributed by atoms with Gasteiger partial charge in [0.25, 0.3) is 0 Å². The maximum atomic E-state index is 12.9. The molecule has 0 aromatic heterocycles. The van der Waals surface area contributed by atoms with Gasteiger partial charge in [-0.2, -0.15) is 0 Å². The van der Waals surface area contributed by atoms with Gasteiger partial charge in [0.05, 0.1) is 19.8 Å². The van der Waals surface area contributed by atoms with Gasteiger partial charge in [-0.1, -0.05) is 248 Å². The van der Waals surface area contributed by atoms with E-state index < -0.39 is 57.8 Å². The number of aliphatic hydroxyl groups is 1. The fourth-order valence-electron chi connectivity index (χ4n) is 8.70. The molecule has 0 bridgehead atoms. The van der Waals surface area contributed by atoms with Gasteiger partial charge in [-0.05, 0) is 83.5 Å². The SMILES string of the molecule is CC/C=C\C/C=C\C/C=C\CCCCCCCC(=O)OC(COC(=O)CCCCCCCCCCC/C=C\C/C=C\CCCCC)COP(=O)(O)OCC(CO)OC(=O)CCCCCCCCCCCCCCCCC. The summed E-state index contributed by atoms with van der Waals surface area (Å²) < 4.78 is 39.6. The van der Waals surface area contributed by atoms with Crippen LogP contribution in [0, 0.1) is 0 Å². The highest BCUT2D eigenvalue weighted by Crippen LogP contribution is 2.43. The van der Waals surface area contributed by atoms with Crippen LogP contribution >= 0.6 is 7.82 Å². The van der Waals surface area contributed by atoms with E-state index in [2.05, 4.69) is 81.5 Å². The first kappa shape index (κ1) is 73.2. The zero-order chi connectivity index (χ0) is 55.5. The fourth-order valence-corrected chi connectivity index (χ4v) is 9.48. The molecule has 3 unspecified atom stereocenters. The van der Waals surface area contributed by atoms with Crippen LogP contribution in [-0.2, 0) is 42.2 Å². The molecule has 442 valence electrons. The third-order valence-corrected chi connectivity index (χ3v) is 14.4. The van der Waals surface area contributed by atoms with E-state index in [-0.39, 0.29) is 25.9 Å². The predicted molar refractivity (Wildman–Crippen MR) is 316 cm³/mol. The number of aliphatic hydroxyl groups excluding tert-OH is 1. The Morgan fingerprint density at radius 1 is 0.382 bits per heavy atom. The molecule has 0 spiro atoms. The number of hydrogen-bond acceptors (Lipinski definition) is 10. The summed E-state index contributed by atoms with van der Waals surface area (Å²) in [6, 6.07) is 0. The lowest BCUT2D eigenvalue weighted by atomic mass is 10.0. The second-order valence-corrected chi connectivity index (χ2v) is 22.3. The number of esters is 3. The normalized spacial score (nSPS) is 13.7. The van der Waals surface area contributed by atoms with Gasteiger partial charge in [0.1, 0.15) is 12.7 Å². The summed E-state index contributed by atoms with van der Waals surface area (Å²) in [5, 5.41) is 9.84. The quantitative estimate of drug-likeness (QED) is 0.0197. The summed E-state index contributed by atoms with van der Waals surface area (Å²) >= 11 is 0. The number of carbonyl (C=O) groups excluding carboxylic acids is 3. The Bertz CT molecular complexity index is 1510. The second-order valence-electron chi connectivity index (χ2n) is 20.8. The Hall–Kier alpha value is -2.82. The van der Waals surface area contributed by atoms with Crippen molar-refractivity contribution in [3.63, 3.8) is 0 Å². The summed E-state index contributed by atoms with van der Waals surface area (Å²) in [6.45, 7) is 4.53. The lowest BCUT2D eigenvalue weighted by Crippen LogP contribution is -2.30. The van der Waals surface area contributed by atoms with Crippen LogP contribution in [0.15, 0.2) is 60.8 Å². The number of allylic oxidation sites excluding steroid dienone is 10. The summed E-state index contributed by atoms with van der Waals surface area (Å²) in [7, 11) is -4.75. The van der Waals surface area contributed by atoms with E-state index in [4.69, 9.17) is 23.3 Å². The van der Waals surface area contributed by atoms with Crippen molar-refractivity contribution in [2.75, 3.05) is 26.4 Å².